The molecule has 1 fully saturated rings. The zero-order valence-corrected chi connectivity index (χ0v) is 14.2. The van der Waals surface area contributed by atoms with Crippen LogP contribution in [0.3, 0.4) is 0 Å². The minimum absolute atomic E-state index is 0.0215. The van der Waals surface area contributed by atoms with Crippen molar-refractivity contribution in [3.63, 3.8) is 0 Å². The highest BCUT2D eigenvalue weighted by Crippen LogP contribution is 2.18. The van der Waals surface area contributed by atoms with Crippen molar-refractivity contribution in [3.8, 4) is 0 Å². The number of anilines is 1. The third kappa shape index (κ3) is 4.19. The van der Waals surface area contributed by atoms with Crippen molar-refractivity contribution < 1.29 is 4.79 Å². The maximum atomic E-state index is 12.1. The molecule has 1 atom stereocenters. The van der Waals surface area contributed by atoms with Gasteiger partial charge in [0.05, 0.1) is 6.04 Å². The van der Waals surface area contributed by atoms with Crippen molar-refractivity contribution in [2.75, 3.05) is 31.6 Å². The van der Waals surface area contributed by atoms with Gasteiger partial charge in [-0.1, -0.05) is 19.9 Å². The number of hydrogen-bond acceptors (Lipinski definition) is 4. The van der Waals surface area contributed by atoms with E-state index in [9.17, 15) is 4.79 Å². The topological polar surface area (TPSA) is 48.5 Å². The molecule has 5 heteroatoms. The monoisotopic (exact) mass is 304 g/mol. The number of pyridine rings is 1. The van der Waals surface area contributed by atoms with Crippen LogP contribution in [-0.4, -0.2) is 48.5 Å². The number of hydrogen-bond donors (Lipinski definition) is 1. The number of piperazine rings is 1. The fourth-order valence-electron chi connectivity index (χ4n) is 2.79. The Balaban J connectivity index is 2.05. The molecule has 22 heavy (non-hydrogen) atoms. The number of aromatic nitrogens is 1. The number of rotatable bonds is 6. The van der Waals surface area contributed by atoms with Crippen LogP contribution in [0.15, 0.2) is 18.3 Å². The van der Waals surface area contributed by atoms with E-state index in [0.717, 1.165) is 44.0 Å². The highest BCUT2D eigenvalue weighted by Gasteiger charge is 2.29. The highest BCUT2D eigenvalue weighted by molar-refractivity contribution is 5.82. The molecule has 0 bridgehead atoms. The zero-order valence-electron chi connectivity index (χ0n) is 14.2. The van der Waals surface area contributed by atoms with Crippen LogP contribution < -0.4 is 10.2 Å². The van der Waals surface area contributed by atoms with Gasteiger partial charge in [0.2, 0.25) is 5.91 Å². The molecule has 1 aromatic rings. The van der Waals surface area contributed by atoms with E-state index in [1.165, 1.54) is 0 Å². The molecular formula is C17H28N4O. The highest BCUT2D eigenvalue weighted by atomic mass is 16.2. The first-order valence-electron chi connectivity index (χ1n) is 8.19. The molecule has 2 rings (SSSR count). The zero-order chi connectivity index (χ0) is 16.1. The first-order valence-corrected chi connectivity index (χ1v) is 8.19. The predicted molar refractivity (Wildman–Crippen MR) is 89.8 cm³/mol. The van der Waals surface area contributed by atoms with Gasteiger partial charge < -0.3 is 10.2 Å². The summed E-state index contributed by atoms with van der Waals surface area (Å²) in [6.07, 6.45) is 2.83. The molecule has 0 unspecified atom stereocenters. The van der Waals surface area contributed by atoms with E-state index in [1.807, 2.05) is 13.2 Å². The van der Waals surface area contributed by atoms with Gasteiger partial charge in [-0.25, -0.2) is 4.98 Å². The summed E-state index contributed by atoms with van der Waals surface area (Å²) < 4.78 is 0. The SMILES string of the molecule is CCN(C)c1ccc(CN2CCNC(=O)[C@H]2CC(C)C)cn1. The van der Waals surface area contributed by atoms with Crippen LogP contribution in [0.25, 0.3) is 0 Å². The summed E-state index contributed by atoms with van der Waals surface area (Å²) in [5.74, 6) is 1.66. The lowest BCUT2D eigenvalue weighted by Crippen LogP contribution is -2.55. The Labute approximate surface area is 133 Å². The van der Waals surface area contributed by atoms with E-state index in [0.29, 0.717) is 5.92 Å². The van der Waals surface area contributed by atoms with E-state index in [1.54, 1.807) is 0 Å². The fraction of sp³-hybridized carbons (Fsp3) is 0.647. The predicted octanol–water partition coefficient (Wildman–Crippen LogP) is 1.88. The smallest absolute Gasteiger partial charge is 0.237 e. The molecule has 1 aliphatic rings. The molecule has 0 radical (unpaired) electrons. The summed E-state index contributed by atoms with van der Waals surface area (Å²) in [6.45, 7) is 9.80. The van der Waals surface area contributed by atoms with E-state index in [-0.39, 0.29) is 11.9 Å². The lowest BCUT2D eigenvalue weighted by molar-refractivity contribution is -0.130. The maximum absolute atomic E-state index is 12.1. The maximum Gasteiger partial charge on any atom is 0.237 e. The number of nitrogens with one attached hydrogen (secondary N) is 1. The first-order chi connectivity index (χ1) is 10.5. The molecule has 5 nitrogen and oxygen atoms in total. The van der Waals surface area contributed by atoms with Crippen LogP contribution in [0.2, 0.25) is 0 Å². The normalized spacial score (nSPS) is 19.3. The number of amides is 1. The molecule has 2 heterocycles. The second-order valence-electron chi connectivity index (χ2n) is 6.45. The largest absolute Gasteiger partial charge is 0.360 e. The van der Waals surface area contributed by atoms with Crippen LogP contribution in [0.5, 0.6) is 0 Å². The van der Waals surface area contributed by atoms with E-state index in [2.05, 4.69) is 53.0 Å². The van der Waals surface area contributed by atoms with Crippen molar-refractivity contribution >= 4 is 11.7 Å². The Hall–Kier alpha value is -1.62. The van der Waals surface area contributed by atoms with Crippen LogP contribution in [-0.2, 0) is 11.3 Å². The molecular weight excluding hydrogens is 276 g/mol. The average Bonchev–Trinajstić information content (AvgIpc) is 2.50. The molecule has 1 saturated heterocycles. The number of nitrogens with zero attached hydrogens (tertiary/aromatic N) is 3. The van der Waals surface area contributed by atoms with Crippen LogP contribution in [0, 0.1) is 5.92 Å². The molecule has 1 N–H and O–H groups in total. The Bertz CT molecular complexity index is 486. The summed E-state index contributed by atoms with van der Waals surface area (Å²) >= 11 is 0. The lowest BCUT2D eigenvalue weighted by Gasteiger charge is -2.35. The average molecular weight is 304 g/mol. The summed E-state index contributed by atoms with van der Waals surface area (Å²) in [7, 11) is 2.04. The van der Waals surface area contributed by atoms with Gasteiger partial charge in [-0.15, -0.1) is 0 Å². The molecule has 0 aliphatic carbocycles. The van der Waals surface area contributed by atoms with Crippen molar-refractivity contribution in [1.29, 1.82) is 0 Å². The molecule has 0 spiro atoms. The van der Waals surface area contributed by atoms with Gasteiger partial charge in [-0.3, -0.25) is 9.69 Å². The van der Waals surface area contributed by atoms with E-state index in [4.69, 9.17) is 0 Å². The van der Waals surface area contributed by atoms with Crippen LogP contribution in [0.4, 0.5) is 5.82 Å². The molecule has 122 valence electrons. The summed E-state index contributed by atoms with van der Waals surface area (Å²) in [5, 5.41) is 2.98. The van der Waals surface area contributed by atoms with E-state index >= 15 is 0 Å². The molecule has 1 amide bonds. The second-order valence-corrected chi connectivity index (χ2v) is 6.45. The number of carbonyl (C=O) groups excluding carboxylic acids is 1. The standard InChI is InChI=1S/C17H28N4O/c1-5-20(4)16-7-6-14(11-19-16)12-21-9-8-18-17(22)15(21)10-13(2)3/h6-7,11,13,15H,5,8-10,12H2,1-4H3,(H,18,22)/t15-/m1/s1. The summed E-state index contributed by atoms with van der Waals surface area (Å²) in [6, 6.07) is 4.15. The van der Waals surface area contributed by atoms with Gasteiger partial charge in [0.25, 0.3) is 0 Å². The Morgan fingerprint density at radius 2 is 2.23 bits per heavy atom. The third-order valence-electron chi connectivity index (χ3n) is 4.20. The quantitative estimate of drug-likeness (QED) is 0.872. The first kappa shape index (κ1) is 16.7. The van der Waals surface area contributed by atoms with Crippen molar-refractivity contribution in [2.24, 2.45) is 5.92 Å². The number of carbonyl (C=O) groups is 1. The minimum Gasteiger partial charge on any atom is -0.360 e. The van der Waals surface area contributed by atoms with Gasteiger partial charge in [0.15, 0.2) is 0 Å². The van der Waals surface area contributed by atoms with E-state index < -0.39 is 0 Å². The van der Waals surface area contributed by atoms with Crippen LogP contribution in [0.1, 0.15) is 32.8 Å². The van der Waals surface area contributed by atoms with Gasteiger partial charge >= 0.3 is 0 Å². The van der Waals surface area contributed by atoms with Crippen molar-refractivity contribution in [2.45, 2.75) is 39.8 Å². The Morgan fingerprint density at radius 3 is 2.82 bits per heavy atom. The lowest BCUT2D eigenvalue weighted by atomic mass is 9.99. The minimum atomic E-state index is -0.0215. The fourth-order valence-corrected chi connectivity index (χ4v) is 2.79. The Kier molecular flexibility index (Phi) is 5.77. The van der Waals surface area contributed by atoms with Gasteiger partial charge in [-0.2, -0.15) is 0 Å². The Morgan fingerprint density at radius 1 is 1.45 bits per heavy atom. The van der Waals surface area contributed by atoms with Gasteiger partial charge in [0, 0.05) is 39.4 Å². The van der Waals surface area contributed by atoms with Crippen LogP contribution >= 0.6 is 0 Å². The van der Waals surface area contributed by atoms with Crippen molar-refractivity contribution in [3.05, 3.63) is 23.9 Å². The molecule has 0 saturated carbocycles. The van der Waals surface area contributed by atoms with Gasteiger partial charge in [0.1, 0.15) is 5.82 Å². The molecule has 1 aromatic heterocycles. The summed E-state index contributed by atoms with van der Waals surface area (Å²) in [5.41, 5.74) is 1.16. The second kappa shape index (κ2) is 7.58. The summed E-state index contributed by atoms with van der Waals surface area (Å²) in [4.78, 5) is 21.0. The molecule has 0 aromatic carbocycles. The third-order valence-corrected chi connectivity index (χ3v) is 4.20. The van der Waals surface area contributed by atoms with Gasteiger partial charge in [-0.05, 0) is 30.9 Å². The van der Waals surface area contributed by atoms with Crippen molar-refractivity contribution in [1.82, 2.24) is 15.2 Å². The molecule has 1 aliphatic heterocycles.